The third-order valence-corrected chi connectivity index (χ3v) is 4.56. The smallest absolute Gasteiger partial charge is 0.226 e. The highest BCUT2D eigenvalue weighted by atomic mass is 35.5. The van der Waals surface area contributed by atoms with E-state index in [0.29, 0.717) is 11.6 Å². The van der Waals surface area contributed by atoms with Crippen molar-refractivity contribution in [1.82, 2.24) is 15.0 Å². The highest BCUT2D eigenvalue weighted by Gasteiger charge is 2.13. The summed E-state index contributed by atoms with van der Waals surface area (Å²) in [5, 5.41) is 0.164. The summed E-state index contributed by atoms with van der Waals surface area (Å²) < 4.78 is 5.88. The fraction of sp³-hybridized carbons (Fsp3) is 0.160. The molecule has 0 bridgehead atoms. The maximum Gasteiger partial charge on any atom is 0.226 e. The fourth-order valence-electron chi connectivity index (χ4n) is 3.08. The van der Waals surface area contributed by atoms with Crippen molar-refractivity contribution >= 4 is 11.6 Å². The van der Waals surface area contributed by atoms with Crippen molar-refractivity contribution in [2.45, 2.75) is 26.4 Å². The molecule has 4 rings (SSSR count). The van der Waals surface area contributed by atoms with Crippen molar-refractivity contribution in [3.05, 3.63) is 84.1 Å². The minimum absolute atomic E-state index is 0.164. The van der Waals surface area contributed by atoms with Crippen LogP contribution in [-0.4, -0.2) is 20.6 Å². The molecule has 0 radical (unpaired) electrons. The summed E-state index contributed by atoms with van der Waals surface area (Å²) >= 11 is 6.21. The predicted octanol–water partition coefficient (Wildman–Crippen LogP) is 6.70. The third-order valence-electron chi connectivity index (χ3n) is 4.39. The predicted molar refractivity (Wildman–Crippen MR) is 122 cm³/mol. The summed E-state index contributed by atoms with van der Waals surface area (Å²) in [5.74, 6) is 1.86. The van der Waals surface area contributed by atoms with Crippen molar-refractivity contribution in [3.8, 4) is 39.7 Å². The molecule has 5 heteroatoms. The van der Waals surface area contributed by atoms with Crippen LogP contribution < -0.4 is 4.74 Å². The van der Waals surface area contributed by atoms with Crippen LogP contribution in [0.25, 0.3) is 33.9 Å². The van der Waals surface area contributed by atoms with Gasteiger partial charge < -0.3 is 4.74 Å². The largest absolute Gasteiger partial charge is 0.488 e. The topological polar surface area (TPSA) is 47.9 Å². The zero-order chi connectivity index (χ0) is 21.1. The van der Waals surface area contributed by atoms with Crippen LogP contribution in [0.3, 0.4) is 0 Å². The van der Waals surface area contributed by atoms with Crippen molar-refractivity contribution in [3.63, 3.8) is 0 Å². The van der Waals surface area contributed by atoms with Crippen molar-refractivity contribution < 1.29 is 4.74 Å². The Balaban J connectivity index is 1.62. The van der Waals surface area contributed by atoms with E-state index in [1.807, 2.05) is 75.4 Å². The molecule has 0 N–H and O–H groups in total. The average molecular weight is 416 g/mol. The molecule has 3 aromatic carbocycles. The number of hydrogen-bond acceptors (Lipinski definition) is 4. The lowest BCUT2D eigenvalue weighted by Gasteiger charge is -2.21. The molecular formula is C25H22ClN3O. The molecule has 4 aromatic rings. The number of rotatable bonds is 4. The van der Waals surface area contributed by atoms with Gasteiger partial charge in [0.1, 0.15) is 11.4 Å². The minimum Gasteiger partial charge on any atom is -0.488 e. The number of benzene rings is 3. The Morgan fingerprint density at radius 1 is 0.600 bits per heavy atom. The van der Waals surface area contributed by atoms with Crippen LogP contribution in [0.5, 0.6) is 5.75 Å². The summed E-state index contributed by atoms with van der Waals surface area (Å²) in [7, 11) is 0. The molecule has 1 heterocycles. The summed E-state index contributed by atoms with van der Waals surface area (Å²) in [6, 6.07) is 26.0. The van der Waals surface area contributed by atoms with Gasteiger partial charge in [0.2, 0.25) is 5.28 Å². The van der Waals surface area contributed by atoms with Crippen molar-refractivity contribution in [2.24, 2.45) is 0 Å². The molecule has 0 aliphatic rings. The van der Waals surface area contributed by atoms with Gasteiger partial charge in [0.15, 0.2) is 11.6 Å². The maximum atomic E-state index is 6.21. The lowest BCUT2D eigenvalue weighted by molar-refractivity contribution is 0.131. The molecule has 0 saturated carbocycles. The van der Waals surface area contributed by atoms with Gasteiger partial charge in [0, 0.05) is 11.1 Å². The van der Waals surface area contributed by atoms with E-state index in [1.165, 1.54) is 0 Å². The SMILES string of the molecule is CC(C)(C)Oc1ccc(-c2nc(Cl)nc(-c3ccc(-c4ccccc4)cc3)n2)cc1. The first-order valence-corrected chi connectivity index (χ1v) is 10.1. The average Bonchev–Trinajstić information content (AvgIpc) is 2.73. The molecule has 0 unspecified atom stereocenters. The Labute approximate surface area is 181 Å². The fourth-order valence-corrected chi connectivity index (χ4v) is 3.24. The van der Waals surface area contributed by atoms with Gasteiger partial charge in [0.25, 0.3) is 0 Å². The second-order valence-electron chi connectivity index (χ2n) is 7.93. The highest BCUT2D eigenvalue weighted by Crippen LogP contribution is 2.27. The second kappa shape index (κ2) is 8.25. The minimum atomic E-state index is -0.253. The quantitative estimate of drug-likeness (QED) is 0.372. The van der Waals surface area contributed by atoms with Gasteiger partial charge in [0.05, 0.1) is 0 Å². The van der Waals surface area contributed by atoms with Gasteiger partial charge in [-0.05, 0) is 67.8 Å². The third kappa shape index (κ3) is 4.84. The summed E-state index contributed by atoms with van der Waals surface area (Å²) in [6.45, 7) is 6.05. The number of hydrogen-bond donors (Lipinski definition) is 0. The van der Waals surface area contributed by atoms with Crippen molar-refractivity contribution in [1.29, 1.82) is 0 Å². The van der Waals surface area contributed by atoms with Crippen LogP contribution in [0.1, 0.15) is 20.8 Å². The van der Waals surface area contributed by atoms with E-state index in [1.54, 1.807) is 0 Å². The number of halogens is 1. The number of nitrogens with zero attached hydrogens (tertiary/aromatic N) is 3. The lowest BCUT2D eigenvalue weighted by Crippen LogP contribution is -2.22. The van der Waals surface area contributed by atoms with E-state index < -0.39 is 0 Å². The Bertz CT molecular complexity index is 1140. The normalized spacial score (nSPS) is 11.3. The van der Waals surface area contributed by atoms with E-state index in [0.717, 1.165) is 28.0 Å². The molecule has 0 fully saturated rings. The second-order valence-corrected chi connectivity index (χ2v) is 8.27. The first-order valence-electron chi connectivity index (χ1n) is 9.74. The lowest BCUT2D eigenvalue weighted by atomic mass is 10.0. The van der Waals surface area contributed by atoms with Crippen LogP contribution in [0, 0.1) is 0 Å². The van der Waals surface area contributed by atoms with Crippen LogP contribution in [0.15, 0.2) is 78.9 Å². The molecular weight excluding hydrogens is 394 g/mol. The van der Waals surface area contributed by atoms with Crippen LogP contribution >= 0.6 is 11.6 Å². The monoisotopic (exact) mass is 415 g/mol. The van der Waals surface area contributed by atoms with Crippen LogP contribution in [0.2, 0.25) is 5.28 Å². The van der Waals surface area contributed by atoms with Gasteiger partial charge in [-0.1, -0.05) is 54.6 Å². The standard InChI is InChI=1S/C25H22ClN3O/c1-25(2,3)30-21-15-13-20(14-16-21)23-27-22(28-24(26)29-23)19-11-9-18(10-12-19)17-7-5-4-6-8-17/h4-16H,1-3H3. The first kappa shape index (κ1) is 20.0. The Morgan fingerprint density at radius 3 is 1.60 bits per heavy atom. The van der Waals surface area contributed by atoms with Gasteiger partial charge >= 0.3 is 0 Å². The molecule has 0 spiro atoms. The van der Waals surface area contributed by atoms with Crippen LogP contribution in [-0.2, 0) is 0 Å². The summed E-state index contributed by atoms with van der Waals surface area (Å²) in [6.07, 6.45) is 0. The van der Waals surface area contributed by atoms with E-state index in [2.05, 4.69) is 39.2 Å². The van der Waals surface area contributed by atoms with E-state index in [9.17, 15) is 0 Å². The van der Waals surface area contributed by atoms with Gasteiger partial charge in [-0.15, -0.1) is 0 Å². The van der Waals surface area contributed by atoms with Gasteiger partial charge in [-0.2, -0.15) is 9.97 Å². The molecule has 0 amide bonds. The Hall–Kier alpha value is -3.24. The molecule has 150 valence electrons. The molecule has 0 saturated heterocycles. The van der Waals surface area contributed by atoms with Gasteiger partial charge in [-0.3, -0.25) is 0 Å². The van der Waals surface area contributed by atoms with Gasteiger partial charge in [-0.25, -0.2) is 4.98 Å². The van der Waals surface area contributed by atoms with E-state index >= 15 is 0 Å². The Kier molecular flexibility index (Phi) is 5.51. The van der Waals surface area contributed by atoms with E-state index in [4.69, 9.17) is 16.3 Å². The zero-order valence-corrected chi connectivity index (χ0v) is 17.9. The summed E-state index contributed by atoms with van der Waals surface area (Å²) in [4.78, 5) is 13.3. The van der Waals surface area contributed by atoms with E-state index in [-0.39, 0.29) is 10.9 Å². The summed E-state index contributed by atoms with van der Waals surface area (Å²) in [5.41, 5.74) is 3.78. The number of ether oxygens (including phenoxy) is 1. The molecule has 0 aliphatic carbocycles. The molecule has 0 atom stereocenters. The highest BCUT2D eigenvalue weighted by molar-refractivity contribution is 6.28. The number of aromatic nitrogens is 3. The molecule has 0 aliphatic heterocycles. The molecule has 30 heavy (non-hydrogen) atoms. The van der Waals surface area contributed by atoms with Crippen molar-refractivity contribution in [2.75, 3.05) is 0 Å². The first-order chi connectivity index (χ1) is 14.4. The zero-order valence-electron chi connectivity index (χ0n) is 17.1. The Morgan fingerprint density at radius 2 is 1.07 bits per heavy atom. The van der Waals surface area contributed by atoms with Crippen LogP contribution in [0.4, 0.5) is 0 Å². The molecule has 4 nitrogen and oxygen atoms in total. The molecule has 1 aromatic heterocycles. The maximum absolute atomic E-state index is 6.21.